The van der Waals surface area contributed by atoms with Crippen LogP contribution in [0.25, 0.3) is 0 Å². The van der Waals surface area contributed by atoms with E-state index in [9.17, 15) is 14.4 Å². The standard InChI is InChI=1S/C21H22N2O4/c1-14-7-6-8-15(2)19(14)22-20(25)17-11-12-18(24)23(17)21(26)27-13-16-9-4-3-5-10-16/h3-10,17H,11-13H2,1-2H3,(H,22,25)/t17-/m1/s1. The van der Waals surface area contributed by atoms with E-state index in [0.29, 0.717) is 5.69 Å². The molecule has 3 amide bonds. The van der Waals surface area contributed by atoms with Gasteiger partial charge in [-0.05, 0) is 37.0 Å². The summed E-state index contributed by atoms with van der Waals surface area (Å²) >= 11 is 0. The van der Waals surface area contributed by atoms with Gasteiger partial charge in [-0.15, -0.1) is 0 Å². The van der Waals surface area contributed by atoms with Gasteiger partial charge in [-0.25, -0.2) is 9.69 Å². The number of rotatable bonds is 4. The average Bonchev–Trinajstić information content (AvgIpc) is 3.05. The summed E-state index contributed by atoms with van der Waals surface area (Å²) in [5, 5.41) is 2.86. The van der Waals surface area contributed by atoms with Crippen molar-refractivity contribution in [3.63, 3.8) is 0 Å². The maximum Gasteiger partial charge on any atom is 0.417 e. The maximum atomic E-state index is 12.7. The first kappa shape index (κ1) is 18.6. The quantitative estimate of drug-likeness (QED) is 0.897. The minimum atomic E-state index is -0.861. The molecule has 2 aromatic carbocycles. The van der Waals surface area contributed by atoms with Crippen LogP contribution in [0.3, 0.4) is 0 Å². The van der Waals surface area contributed by atoms with E-state index < -0.39 is 18.0 Å². The number of aryl methyl sites for hydroxylation is 2. The number of nitrogens with zero attached hydrogens (tertiary/aromatic N) is 1. The van der Waals surface area contributed by atoms with Gasteiger partial charge >= 0.3 is 6.09 Å². The van der Waals surface area contributed by atoms with Crippen LogP contribution in [0.5, 0.6) is 0 Å². The Kier molecular flexibility index (Phi) is 5.54. The van der Waals surface area contributed by atoms with Gasteiger partial charge in [0.05, 0.1) is 0 Å². The molecule has 2 aromatic rings. The number of amides is 3. The summed E-state index contributed by atoms with van der Waals surface area (Å²) in [6.45, 7) is 3.84. The number of para-hydroxylation sites is 1. The molecule has 0 aromatic heterocycles. The Morgan fingerprint density at radius 3 is 2.41 bits per heavy atom. The molecule has 1 aliphatic rings. The van der Waals surface area contributed by atoms with Gasteiger partial charge in [0.15, 0.2) is 0 Å². The number of imide groups is 1. The van der Waals surface area contributed by atoms with Gasteiger partial charge in [-0.3, -0.25) is 9.59 Å². The molecule has 0 saturated carbocycles. The second-order valence-corrected chi connectivity index (χ2v) is 6.61. The number of carbonyl (C=O) groups is 3. The lowest BCUT2D eigenvalue weighted by atomic mass is 10.1. The van der Waals surface area contributed by atoms with E-state index >= 15 is 0 Å². The summed E-state index contributed by atoms with van der Waals surface area (Å²) in [6, 6.07) is 14.0. The molecule has 1 atom stereocenters. The van der Waals surface area contributed by atoms with E-state index in [-0.39, 0.29) is 25.4 Å². The SMILES string of the molecule is Cc1cccc(C)c1NC(=O)[C@H]1CCC(=O)N1C(=O)OCc1ccccc1. The normalized spacial score (nSPS) is 16.3. The molecule has 27 heavy (non-hydrogen) atoms. The minimum Gasteiger partial charge on any atom is -0.444 e. The van der Waals surface area contributed by atoms with Crippen LogP contribution in [0.15, 0.2) is 48.5 Å². The molecule has 0 bridgehead atoms. The molecule has 1 aliphatic heterocycles. The van der Waals surface area contributed by atoms with Gasteiger partial charge in [-0.2, -0.15) is 0 Å². The fourth-order valence-corrected chi connectivity index (χ4v) is 3.17. The van der Waals surface area contributed by atoms with Crippen LogP contribution in [0.2, 0.25) is 0 Å². The summed E-state index contributed by atoms with van der Waals surface area (Å²) < 4.78 is 5.25. The van der Waals surface area contributed by atoms with Crippen molar-refractivity contribution in [3.8, 4) is 0 Å². The largest absolute Gasteiger partial charge is 0.444 e. The van der Waals surface area contributed by atoms with Gasteiger partial charge < -0.3 is 10.1 Å². The van der Waals surface area contributed by atoms with E-state index in [0.717, 1.165) is 21.6 Å². The fourth-order valence-electron chi connectivity index (χ4n) is 3.17. The van der Waals surface area contributed by atoms with Crippen LogP contribution in [0, 0.1) is 13.8 Å². The summed E-state index contributed by atoms with van der Waals surface area (Å²) in [5.74, 6) is -0.773. The van der Waals surface area contributed by atoms with Crippen LogP contribution in [-0.2, 0) is 20.9 Å². The first-order valence-corrected chi connectivity index (χ1v) is 8.87. The Bertz CT molecular complexity index is 843. The Hall–Kier alpha value is -3.15. The van der Waals surface area contributed by atoms with Crippen molar-refractivity contribution in [2.75, 3.05) is 5.32 Å². The third kappa shape index (κ3) is 4.16. The topological polar surface area (TPSA) is 75.7 Å². The number of hydrogen-bond acceptors (Lipinski definition) is 4. The van der Waals surface area contributed by atoms with Crippen molar-refractivity contribution in [1.82, 2.24) is 4.90 Å². The zero-order valence-corrected chi connectivity index (χ0v) is 15.4. The van der Waals surface area contributed by atoms with Gasteiger partial charge in [0.2, 0.25) is 11.8 Å². The van der Waals surface area contributed by atoms with Crippen molar-refractivity contribution in [2.24, 2.45) is 0 Å². The molecule has 3 rings (SSSR count). The zero-order chi connectivity index (χ0) is 19.4. The van der Waals surface area contributed by atoms with Crippen molar-refractivity contribution >= 4 is 23.6 Å². The number of benzene rings is 2. The second kappa shape index (κ2) is 8.03. The summed E-state index contributed by atoms with van der Waals surface area (Å²) in [5.41, 5.74) is 3.37. The highest BCUT2D eigenvalue weighted by Gasteiger charge is 2.41. The van der Waals surface area contributed by atoms with Crippen LogP contribution in [0.1, 0.15) is 29.5 Å². The third-order valence-corrected chi connectivity index (χ3v) is 4.65. The number of hydrogen-bond donors (Lipinski definition) is 1. The maximum absolute atomic E-state index is 12.7. The van der Waals surface area contributed by atoms with Crippen molar-refractivity contribution in [3.05, 3.63) is 65.2 Å². The Morgan fingerprint density at radius 1 is 1.07 bits per heavy atom. The van der Waals surface area contributed by atoms with Crippen LogP contribution in [-0.4, -0.2) is 28.8 Å². The van der Waals surface area contributed by atoms with E-state index in [1.54, 1.807) is 0 Å². The summed E-state index contributed by atoms with van der Waals surface area (Å²) in [7, 11) is 0. The summed E-state index contributed by atoms with van der Waals surface area (Å²) in [6.07, 6.45) is -0.357. The van der Waals surface area contributed by atoms with Crippen LogP contribution in [0.4, 0.5) is 10.5 Å². The summed E-state index contributed by atoms with van der Waals surface area (Å²) in [4.78, 5) is 38.3. The molecule has 0 radical (unpaired) electrons. The Balaban J connectivity index is 1.69. The molecule has 1 heterocycles. The fraction of sp³-hybridized carbons (Fsp3) is 0.286. The first-order chi connectivity index (χ1) is 13.0. The lowest BCUT2D eigenvalue weighted by molar-refractivity contribution is -0.131. The molecule has 1 saturated heterocycles. The average molecular weight is 366 g/mol. The molecule has 1 N–H and O–H groups in total. The molecule has 6 heteroatoms. The first-order valence-electron chi connectivity index (χ1n) is 8.87. The number of anilines is 1. The van der Waals surface area contributed by atoms with Crippen LogP contribution >= 0.6 is 0 Å². The number of carbonyl (C=O) groups excluding carboxylic acids is 3. The second-order valence-electron chi connectivity index (χ2n) is 6.61. The van der Waals surface area contributed by atoms with E-state index in [1.807, 2.05) is 62.4 Å². The molecular weight excluding hydrogens is 344 g/mol. The number of nitrogens with one attached hydrogen (secondary N) is 1. The molecule has 0 aliphatic carbocycles. The molecule has 0 spiro atoms. The highest BCUT2D eigenvalue weighted by molar-refractivity contribution is 6.05. The van der Waals surface area contributed by atoms with Gasteiger partial charge in [-0.1, -0.05) is 48.5 Å². The monoisotopic (exact) mass is 366 g/mol. The van der Waals surface area contributed by atoms with Crippen molar-refractivity contribution in [2.45, 2.75) is 39.3 Å². The van der Waals surface area contributed by atoms with E-state index in [1.165, 1.54) is 0 Å². The smallest absolute Gasteiger partial charge is 0.417 e. The molecular formula is C21H22N2O4. The van der Waals surface area contributed by atoms with E-state index in [4.69, 9.17) is 4.74 Å². The zero-order valence-electron chi connectivity index (χ0n) is 15.4. The molecule has 140 valence electrons. The lowest BCUT2D eigenvalue weighted by Crippen LogP contribution is -2.45. The van der Waals surface area contributed by atoms with E-state index in [2.05, 4.69) is 5.32 Å². The Labute approximate surface area is 158 Å². The Morgan fingerprint density at radius 2 is 1.74 bits per heavy atom. The minimum absolute atomic E-state index is 0.0503. The number of ether oxygens (including phenoxy) is 1. The van der Waals surface area contributed by atoms with Crippen LogP contribution < -0.4 is 5.32 Å². The molecule has 0 unspecified atom stereocenters. The van der Waals surface area contributed by atoms with Gasteiger partial charge in [0.25, 0.3) is 0 Å². The van der Waals surface area contributed by atoms with Crippen molar-refractivity contribution < 1.29 is 19.1 Å². The van der Waals surface area contributed by atoms with Crippen molar-refractivity contribution in [1.29, 1.82) is 0 Å². The lowest BCUT2D eigenvalue weighted by Gasteiger charge is -2.22. The highest BCUT2D eigenvalue weighted by Crippen LogP contribution is 2.24. The predicted molar refractivity (Wildman–Crippen MR) is 101 cm³/mol. The number of likely N-dealkylation sites (tertiary alicyclic amines) is 1. The van der Waals surface area contributed by atoms with Gasteiger partial charge in [0, 0.05) is 12.1 Å². The predicted octanol–water partition coefficient (Wildman–Crippen LogP) is 3.57. The molecule has 1 fully saturated rings. The molecule has 6 nitrogen and oxygen atoms in total. The highest BCUT2D eigenvalue weighted by atomic mass is 16.6. The third-order valence-electron chi connectivity index (χ3n) is 4.65. The van der Waals surface area contributed by atoms with Gasteiger partial charge in [0.1, 0.15) is 12.6 Å².